The van der Waals surface area contributed by atoms with E-state index in [1.54, 1.807) is 6.07 Å². The van der Waals surface area contributed by atoms with E-state index in [2.05, 4.69) is 36.8 Å². The van der Waals surface area contributed by atoms with Crippen LogP contribution in [0.2, 0.25) is 0 Å². The molecule has 2 aromatic rings. The Morgan fingerprint density at radius 2 is 1.66 bits per heavy atom. The predicted octanol–water partition coefficient (Wildman–Crippen LogP) is 3.06. The largest absolute Gasteiger partial charge is 0.349 e. The summed E-state index contributed by atoms with van der Waals surface area (Å²) in [4.78, 5) is 38.9. The first-order valence-corrected chi connectivity index (χ1v) is 11.7. The molecule has 0 saturated heterocycles. The molecule has 2 aliphatic rings. The van der Waals surface area contributed by atoms with E-state index < -0.39 is 0 Å². The van der Waals surface area contributed by atoms with Gasteiger partial charge in [-0.25, -0.2) is 0 Å². The van der Waals surface area contributed by atoms with Gasteiger partial charge in [0.1, 0.15) is 0 Å². The Hall–Kier alpha value is -2.71. The molecule has 0 atom stereocenters. The number of benzene rings is 2. The molecule has 0 aliphatic heterocycles. The molecule has 2 aromatic carbocycles. The zero-order valence-corrected chi connectivity index (χ0v) is 19.4. The number of anilines is 1. The number of hydrogen-bond donors (Lipinski definition) is 3. The van der Waals surface area contributed by atoms with Crippen molar-refractivity contribution < 1.29 is 14.4 Å². The lowest BCUT2D eigenvalue weighted by atomic mass is 10.1. The molecule has 0 aromatic heterocycles. The van der Waals surface area contributed by atoms with Gasteiger partial charge in [-0.1, -0.05) is 24.3 Å². The zero-order chi connectivity index (χ0) is 22.5. The number of carbonyl (C=O) groups excluding carboxylic acids is 3. The third kappa shape index (κ3) is 6.64. The van der Waals surface area contributed by atoms with Crippen LogP contribution in [0, 0.1) is 0 Å². The molecular weight excluding hydrogens is 472 g/mol. The van der Waals surface area contributed by atoms with Gasteiger partial charge in [0.25, 0.3) is 5.91 Å². The van der Waals surface area contributed by atoms with Gasteiger partial charge in [0.15, 0.2) is 0 Å². The van der Waals surface area contributed by atoms with Crippen molar-refractivity contribution in [1.29, 1.82) is 0 Å². The number of hydrogen-bond acceptors (Lipinski definition) is 4. The normalized spacial score (nSPS) is 15.3. The molecule has 168 valence electrons. The first-order chi connectivity index (χ1) is 15.5. The molecule has 32 heavy (non-hydrogen) atoms. The Kier molecular flexibility index (Phi) is 7.22. The van der Waals surface area contributed by atoms with Gasteiger partial charge in [0.2, 0.25) is 11.8 Å². The maximum Gasteiger partial charge on any atom is 0.251 e. The van der Waals surface area contributed by atoms with E-state index in [9.17, 15) is 14.4 Å². The number of amides is 3. The maximum absolute atomic E-state index is 12.5. The third-order valence-electron chi connectivity index (χ3n) is 5.52. The lowest BCUT2D eigenvalue weighted by Crippen LogP contribution is -2.41. The fraction of sp³-hybridized carbons (Fsp3) is 0.375. The standard InChI is InChI=1S/C24H27BrN4O3/c25-20-3-1-2-4-21(20)28-22(30)13-26-23(31)15-29(19-11-12-19)14-16-5-7-17(8-6-16)24(32)27-18-9-10-18/h1-8,18-19H,9-15H2,(H,26,31)(H,27,32)(H,28,30). The molecule has 2 aliphatic carbocycles. The summed E-state index contributed by atoms with van der Waals surface area (Å²) >= 11 is 3.39. The zero-order valence-electron chi connectivity index (χ0n) is 17.8. The van der Waals surface area contributed by atoms with E-state index >= 15 is 0 Å². The summed E-state index contributed by atoms with van der Waals surface area (Å²) < 4.78 is 0.788. The van der Waals surface area contributed by atoms with E-state index in [1.807, 2.05) is 42.5 Å². The lowest BCUT2D eigenvalue weighted by molar-refractivity contribution is -0.125. The van der Waals surface area contributed by atoms with E-state index in [4.69, 9.17) is 0 Å². The summed E-state index contributed by atoms with van der Waals surface area (Å²) in [5, 5.41) is 8.47. The Morgan fingerprint density at radius 1 is 0.938 bits per heavy atom. The number of nitrogens with zero attached hydrogens (tertiary/aromatic N) is 1. The molecule has 0 bridgehead atoms. The second-order valence-corrected chi connectivity index (χ2v) is 9.24. The maximum atomic E-state index is 12.5. The lowest BCUT2D eigenvalue weighted by Gasteiger charge is -2.21. The first-order valence-electron chi connectivity index (χ1n) is 10.9. The van der Waals surface area contributed by atoms with E-state index in [-0.39, 0.29) is 30.8 Å². The molecule has 0 unspecified atom stereocenters. The average Bonchev–Trinajstić information content (AvgIpc) is 3.68. The van der Waals surface area contributed by atoms with Gasteiger partial charge in [-0.15, -0.1) is 0 Å². The van der Waals surface area contributed by atoms with Crippen LogP contribution in [0.1, 0.15) is 41.6 Å². The van der Waals surface area contributed by atoms with Crippen molar-refractivity contribution in [2.45, 2.75) is 44.3 Å². The highest BCUT2D eigenvalue weighted by atomic mass is 79.9. The Balaban J connectivity index is 1.25. The van der Waals surface area contributed by atoms with Crippen LogP contribution in [0.3, 0.4) is 0 Å². The van der Waals surface area contributed by atoms with Crippen LogP contribution in [-0.4, -0.2) is 47.8 Å². The smallest absolute Gasteiger partial charge is 0.251 e. The minimum atomic E-state index is -0.275. The van der Waals surface area contributed by atoms with Crippen LogP contribution in [-0.2, 0) is 16.1 Å². The van der Waals surface area contributed by atoms with Crippen molar-refractivity contribution in [1.82, 2.24) is 15.5 Å². The van der Waals surface area contributed by atoms with Crippen molar-refractivity contribution in [3.8, 4) is 0 Å². The average molecular weight is 499 g/mol. The molecule has 0 spiro atoms. The van der Waals surface area contributed by atoms with Gasteiger partial charge in [-0.05, 0) is 71.4 Å². The van der Waals surface area contributed by atoms with Crippen LogP contribution in [0.5, 0.6) is 0 Å². The van der Waals surface area contributed by atoms with Crippen molar-refractivity contribution >= 4 is 39.3 Å². The highest BCUT2D eigenvalue weighted by Gasteiger charge is 2.30. The van der Waals surface area contributed by atoms with Crippen molar-refractivity contribution in [3.05, 3.63) is 64.1 Å². The van der Waals surface area contributed by atoms with Crippen LogP contribution < -0.4 is 16.0 Å². The van der Waals surface area contributed by atoms with Crippen LogP contribution in [0.4, 0.5) is 5.69 Å². The molecular formula is C24H27BrN4O3. The van der Waals surface area contributed by atoms with Gasteiger partial charge in [0, 0.05) is 28.7 Å². The molecule has 7 nitrogen and oxygen atoms in total. The summed E-state index contributed by atoms with van der Waals surface area (Å²) in [6.45, 7) is 0.784. The second-order valence-electron chi connectivity index (χ2n) is 8.39. The number of carbonyl (C=O) groups is 3. The molecule has 8 heteroatoms. The van der Waals surface area contributed by atoms with Crippen LogP contribution >= 0.6 is 15.9 Å². The van der Waals surface area contributed by atoms with E-state index in [1.165, 1.54) is 0 Å². The van der Waals surface area contributed by atoms with Crippen LogP contribution in [0.25, 0.3) is 0 Å². The monoisotopic (exact) mass is 498 g/mol. The summed E-state index contributed by atoms with van der Waals surface area (Å²) in [7, 11) is 0. The minimum Gasteiger partial charge on any atom is -0.349 e. The SMILES string of the molecule is O=C(CN(Cc1ccc(C(=O)NC2CC2)cc1)C1CC1)NCC(=O)Nc1ccccc1Br. The van der Waals surface area contributed by atoms with Gasteiger partial charge >= 0.3 is 0 Å². The molecule has 3 amide bonds. The molecule has 2 saturated carbocycles. The van der Waals surface area contributed by atoms with Crippen molar-refractivity contribution in [3.63, 3.8) is 0 Å². The Morgan fingerprint density at radius 3 is 2.31 bits per heavy atom. The molecule has 2 fully saturated rings. The summed E-state index contributed by atoms with van der Waals surface area (Å²) in [6, 6.07) is 15.6. The van der Waals surface area contributed by atoms with Crippen LogP contribution in [0.15, 0.2) is 53.0 Å². The Bertz CT molecular complexity index is 987. The molecule has 0 radical (unpaired) electrons. The highest BCUT2D eigenvalue weighted by molar-refractivity contribution is 9.10. The van der Waals surface area contributed by atoms with Gasteiger partial charge in [-0.2, -0.15) is 0 Å². The van der Waals surface area contributed by atoms with E-state index in [0.29, 0.717) is 29.9 Å². The topological polar surface area (TPSA) is 90.5 Å². The highest BCUT2D eigenvalue weighted by Crippen LogP contribution is 2.28. The first kappa shape index (κ1) is 22.5. The quantitative estimate of drug-likeness (QED) is 0.469. The summed E-state index contributed by atoms with van der Waals surface area (Å²) in [5.41, 5.74) is 2.38. The van der Waals surface area contributed by atoms with E-state index in [0.717, 1.165) is 35.7 Å². The summed E-state index contributed by atoms with van der Waals surface area (Å²) in [6.07, 6.45) is 4.26. The predicted molar refractivity (Wildman–Crippen MR) is 126 cm³/mol. The summed E-state index contributed by atoms with van der Waals surface area (Å²) in [5.74, 6) is -0.485. The molecule has 0 heterocycles. The number of halogens is 1. The van der Waals surface area contributed by atoms with Gasteiger partial charge in [0.05, 0.1) is 18.8 Å². The fourth-order valence-electron chi connectivity index (χ4n) is 3.42. The third-order valence-corrected chi connectivity index (χ3v) is 6.21. The minimum absolute atomic E-state index is 0.0294. The Labute approximate surface area is 196 Å². The number of nitrogens with one attached hydrogen (secondary N) is 3. The van der Waals surface area contributed by atoms with Gasteiger partial charge < -0.3 is 16.0 Å². The number of para-hydroxylation sites is 1. The fourth-order valence-corrected chi connectivity index (χ4v) is 3.81. The molecule has 3 N–H and O–H groups in total. The number of rotatable bonds is 10. The van der Waals surface area contributed by atoms with Crippen molar-refractivity contribution in [2.24, 2.45) is 0 Å². The molecule has 4 rings (SSSR count). The second kappa shape index (κ2) is 10.3. The van der Waals surface area contributed by atoms with Gasteiger partial charge in [-0.3, -0.25) is 19.3 Å². The van der Waals surface area contributed by atoms with Crippen molar-refractivity contribution in [2.75, 3.05) is 18.4 Å².